The molecule has 70 valence electrons. The number of phenols is 2. The van der Waals surface area contributed by atoms with Gasteiger partial charge in [-0.1, -0.05) is 23.8 Å². The molecule has 0 unspecified atom stereocenters. The lowest BCUT2D eigenvalue weighted by atomic mass is 10.1. The monoisotopic (exact) mass is 178 g/mol. The van der Waals surface area contributed by atoms with Crippen molar-refractivity contribution in [2.75, 3.05) is 0 Å². The summed E-state index contributed by atoms with van der Waals surface area (Å²) in [5.74, 6) is -0.0730. The second kappa shape index (κ2) is 3.52. The van der Waals surface area contributed by atoms with Crippen molar-refractivity contribution in [3.05, 3.63) is 28.8 Å². The normalized spacial score (nSPS) is 9.77. The fraction of sp³-hybridized carbons (Fsp3) is 0.273. The minimum absolute atomic E-state index is 0.0324. The van der Waals surface area contributed by atoms with Crippen LogP contribution in [0.15, 0.2) is 17.7 Å². The van der Waals surface area contributed by atoms with E-state index in [1.165, 1.54) is 0 Å². The average Bonchev–Trinajstić information content (AvgIpc) is 2.06. The van der Waals surface area contributed by atoms with Crippen molar-refractivity contribution < 1.29 is 10.2 Å². The van der Waals surface area contributed by atoms with E-state index in [2.05, 4.69) is 0 Å². The van der Waals surface area contributed by atoms with Gasteiger partial charge in [-0.15, -0.1) is 0 Å². The molecule has 0 aromatic heterocycles. The minimum Gasteiger partial charge on any atom is -0.504 e. The zero-order valence-electron chi connectivity index (χ0n) is 8.13. The van der Waals surface area contributed by atoms with Crippen molar-refractivity contribution in [2.45, 2.75) is 20.8 Å². The van der Waals surface area contributed by atoms with Crippen LogP contribution in [0.25, 0.3) is 6.08 Å². The quantitative estimate of drug-likeness (QED) is 0.649. The highest BCUT2D eigenvalue weighted by molar-refractivity contribution is 5.64. The number of phenolic OH excluding ortho intramolecular Hbond substituents is 2. The Hall–Kier alpha value is -1.44. The van der Waals surface area contributed by atoms with Gasteiger partial charge in [0.1, 0.15) is 0 Å². The van der Waals surface area contributed by atoms with Crippen LogP contribution in [0.4, 0.5) is 0 Å². The summed E-state index contributed by atoms with van der Waals surface area (Å²) >= 11 is 0. The summed E-state index contributed by atoms with van der Waals surface area (Å²) in [4.78, 5) is 0. The molecule has 2 N–H and O–H groups in total. The zero-order valence-corrected chi connectivity index (χ0v) is 8.13. The predicted molar refractivity (Wildman–Crippen MR) is 53.8 cm³/mol. The molecule has 1 rings (SSSR count). The molecule has 2 heteroatoms. The molecule has 2 nitrogen and oxygen atoms in total. The van der Waals surface area contributed by atoms with Gasteiger partial charge in [-0.05, 0) is 26.3 Å². The first kappa shape index (κ1) is 9.65. The Labute approximate surface area is 78.2 Å². The van der Waals surface area contributed by atoms with Crippen LogP contribution in [0.2, 0.25) is 0 Å². The smallest absolute Gasteiger partial charge is 0.165 e. The number of hydrogen-bond acceptors (Lipinski definition) is 2. The van der Waals surface area contributed by atoms with Gasteiger partial charge in [-0.3, -0.25) is 0 Å². The first-order valence-corrected chi connectivity index (χ1v) is 4.19. The van der Waals surface area contributed by atoms with Gasteiger partial charge >= 0.3 is 0 Å². The summed E-state index contributed by atoms with van der Waals surface area (Å²) in [5, 5.41) is 19.0. The average molecular weight is 178 g/mol. The van der Waals surface area contributed by atoms with Crippen molar-refractivity contribution in [2.24, 2.45) is 0 Å². The molecule has 13 heavy (non-hydrogen) atoms. The first-order chi connectivity index (χ1) is 6.02. The molecule has 0 amide bonds. The topological polar surface area (TPSA) is 40.5 Å². The highest BCUT2D eigenvalue weighted by Crippen LogP contribution is 2.33. The molecule has 1 aromatic rings. The summed E-state index contributed by atoms with van der Waals surface area (Å²) in [7, 11) is 0. The zero-order chi connectivity index (χ0) is 10.0. The molecule has 0 radical (unpaired) electrons. The van der Waals surface area contributed by atoms with Gasteiger partial charge in [-0.25, -0.2) is 0 Å². The van der Waals surface area contributed by atoms with Crippen molar-refractivity contribution in [1.29, 1.82) is 0 Å². The largest absolute Gasteiger partial charge is 0.504 e. The molecular weight excluding hydrogens is 164 g/mol. The Morgan fingerprint density at radius 2 is 1.77 bits per heavy atom. The molecule has 0 bridgehead atoms. The van der Waals surface area contributed by atoms with Gasteiger partial charge in [0.05, 0.1) is 0 Å². The molecular formula is C11H14O2. The SMILES string of the molecule is CC(C)=Cc1ccc(C)c(O)c1O. The summed E-state index contributed by atoms with van der Waals surface area (Å²) in [5.41, 5.74) is 2.42. The molecule has 0 aliphatic carbocycles. The van der Waals surface area contributed by atoms with E-state index in [9.17, 15) is 10.2 Å². The highest BCUT2D eigenvalue weighted by Gasteiger charge is 2.06. The third-order valence-corrected chi connectivity index (χ3v) is 1.83. The summed E-state index contributed by atoms with van der Waals surface area (Å²) in [6, 6.07) is 3.57. The van der Waals surface area contributed by atoms with Crippen molar-refractivity contribution in [3.8, 4) is 11.5 Å². The number of allylic oxidation sites excluding steroid dienone is 1. The first-order valence-electron chi connectivity index (χ1n) is 4.19. The minimum atomic E-state index is -0.0406. The fourth-order valence-electron chi connectivity index (χ4n) is 1.12. The Bertz CT molecular complexity index is 347. The lowest BCUT2D eigenvalue weighted by molar-refractivity contribution is 0.400. The van der Waals surface area contributed by atoms with Gasteiger partial charge in [0.2, 0.25) is 0 Å². The van der Waals surface area contributed by atoms with Gasteiger partial charge in [0.15, 0.2) is 11.5 Å². The summed E-state index contributed by atoms with van der Waals surface area (Å²) in [6.07, 6.45) is 1.83. The van der Waals surface area contributed by atoms with E-state index in [4.69, 9.17) is 0 Å². The van der Waals surface area contributed by atoms with Gasteiger partial charge in [0.25, 0.3) is 0 Å². The lowest BCUT2D eigenvalue weighted by Crippen LogP contribution is -1.80. The molecule has 0 spiro atoms. The van der Waals surface area contributed by atoms with E-state index in [0.29, 0.717) is 11.1 Å². The van der Waals surface area contributed by atoms with Gasteiger partial charge < -0.3 is 10.2 Å². The van der Waals surface area contributed by atoms with E-state index in [0.717, 1.165) is 5.57 Å². The molecule has 0 heterocycles. The summed E-state index contributed by atoms with van der Waals surface area (Å²) < 4.78 is 0. The number of benzene rings is 1. The van der Waals surface area contributed by atoms with Crippen LogP contribution >= 0.6 is 0 Å². The molecule has 0 saturated heterocycles. The second-order valence-electron chi connectivity index (χ2n) is 3.39. The number of aromatic hydroxyl groups is 2. The molecule has 1 aromatic carbocycles. The third kappa shape index (κ3) is 2.02. The Kier molecular flexibility index (Phi) is 2.61. The Balaban J connectivity index is 3.26. The van der Waals surface area contributed by atoms with E-state index in [1.807, 2.05) is 19.9 Å². The van der Waals surface area contributed by atoms with Crippen LogP contribution in [0.1, 0.15) is 25.0 Å². The molecule has 0 aliphatic rings. The molecule has 0 fully saturated rings. The van der Waals surface area contributed by atoms with Crippen LogP contribution in [-0.4, -0.2) is 10.2 Å². The van der Waals surface area contributed by atoms with Crippen molar-refractivity contribution in [1.82, 2.24) is 0 Å². The standard InChI is InChI=1S/C11H14O2/c1-7(2)6-9-5-4-8(3)10(12)11(9)13/h4-6,12-13H,1-3H3. The van der Waals surface area contributed by atoms with Gasteiger partial charge in [0, 0.05) is 5.56 Å². The number of hydrogen-bond donors (Lipinski definition) is 2. The number of aryl methyl sites for hydroxylation is 1. The molecule has 0 saturated carbocycles. The Morgan fingerprint density at radius 1 is 1.15 bits per heavy atom. The highest BCUT2D eigenvalue weighted by atomic mass is 16.3. The van der Waals surface area contributed by atoms with Crippen molar-refractivity contribution in [3.63, 3.8) is 0 Å². The fourth-order valence-corrected chi connectivity index (χ4v) is 1.12. The van der Waals surface area contributed by atoms with Crippen LogP contribution in [0.5, 0.6) is 11.5 Å². The van der Waals surface area contributed by atoms with E-state index >= 15 is 0 Å². The predicted octanol–water partition coefficient (Wildman–Crippen LogP) is 2.83. The van der Waals surface area contributed by atoms with Crippen LogP contribution < -0.4 is 0 Å². The van der Waals surface area contributed by atoms with E-state index in [1.54, 1.807) is 19.1 Å². The van der Waals surface area contributed by atoms with E-state index < -0.39 is 0 Å². The van der Waals surface area contributed by atoms with Crippen LogP contribution in [0.3, 0.4) is 0 Å². The van der Waals surface area contributed by atoms with E-state index in [-0.39, 0.29) is 11.5 Å². The second-order valence-corrected chi connectivity index (χ2v) is 3.39. The maximum Gasteiger partial charge on any atom is 0.165 e. The molecule has 0 atom stereocenters. The Morgan fingerprint density at radius 3 is 2.31 bits per heavy atom. The van der Waals surface area contributed by atoms with Crippen LogP contribution in [0, 0.1) is 6.92 Å². The van der Waals surface area contributed by atoms with Crippen molar-refractivity contribution >= 4 is 6.08 Å². The lowest BCUT2D eigenvalue weighted by Gasteiger charge is -2.05. The third-order valence-electron chi connectivity index (χ3n) is 1.83. The van der Waals surface area contributed by atoms with Crippen LogP contribution in [-0.2, 0) is 0 Å². The molecule has 0 aliphatic heterocycles. The maximum absolute atomic E-state index is 9.53. The maximum atomic E-state index is 9.53. The number of rotatable bonds is 1. The van der Waals surface area contributed by atoms with Gasteiger partial charge in [-0.2, -0.15) is 0 Å². The summed E-state index contributed by atoms with van der Waals surface area (Å²) in [6.45, 7) is 5.63.